The smallest absolute Gasteiger partial charge is 0.344 e. The van der Waals surface area contributed by atoms with Crippen LogP contribution >= 0.6 is 0 Å². The maximum absolute atomic E-state index is 13.0. The molecule has 0 saturated carbocycles. The Labute approximate surface area is 186 Å². The summed E-state index contributed by atoms with van der Waals surface area (Å²) in [4.78, 5) is 26.0. The SMILES string of the molecule is CCOC(=O)c1c(NC(=O)c2ccc(C)cc2)oc(-c2ccccc2)c1-c1ccccc1. The van der Waals surface area contributed by atoms with E-state index in [0.29, 0.717) is 16.9 Å². The predicted molar refractivity (Wildman–Crippen MR) is 125 cm³/mol. The van der Waals surface area contributed by atoms with E-state index in [2.05, 4.69) is 5.32 Å². The highest BCUT2D eigenvalue weighted by molar-refractivity contribution is 6.11. The number of hydrogen-bond acceptors (Lipinski definition) is 4. The van der Waals surface area contributed by atoms with Gasteiger partial charge in [0.05, 0.1) is 6.61 Å². The summed E-state index contributed by atoms with van der Waals surface area (Å²) in [6.07, 6.45) is 0. The minimum absolute atomic E-state index is 0.0618. The number of nitrogens with one attached hydrogen (secondary N) is 1. The number of benzene rings is 3. The van der Waals surface area contributed by atoms with Crippen LogP contribution in [0.4, 0.5) is 5.88 Å². The first-order valence-corrected chi connectivity index (χ1v) is 10.4. The molecule has 4 aromatic rings. The lowest BCUT2D eigenvalue weighted by atomic mass is 9.97. The van der Waals surface area contributed by atoms with Crippen LogP contribution in [0.25, 0.3) is 22.5 Å². The second-order valence-electron chi connectivity index (χ2n) is 7.28. The van der Waals surface area contributed by atoms with Crippen LogP contribution < -0.4 is 5.32 Å². The topological polar surface area (TPSA) is 68.5 Å². The van der Waals surface area contributed by atoms with Gasteiger partial charge in [-0.1, -0.05) is 78.4 Å². The molecule has 0 aliphatic carbocycles. The number of ether oxygens (including phenoxy) is 1. The monoisotopic (exact) mass is 425 g/mol. The van der Waals surface area contributed by atoms with Gasteiger partial charge in [0, 0.05) is 16.7 Å². The summed E-state index contributed by atoms with van der Waals surface area (Å²) in [5, 5.41) is 2.78. The van der Waals surface area contributed by atoms with Crippen LogP contribution in [0.1, 0.15) is 33.2 Å². The summed E-state index contributed by atoms with van der Waals surface area (Å²) in [5.41, 5.74) is 3.85. The Morgan fingerprint density at radius 3 is 2.03 bits per heavy atom. The summed E-state index contributed by atoms with van der Waals surface area (Å²) in [7, 11) is 0. The molecule has 0 aliphatic rings. The van der Waals surface area contributed by atoms with E-state index in [1.54, 1.807) is 19.1 Å². The molecule has 5 nitrogen and oxygen atoms in total. The Hall–Kier alpha value is -4.12. The van der Waals surface area contributed by atoms with Crippen molar-refractivity contribution in [2.24, 2.45) is 0 Å². The minimum Gasteiger partial charge on any atom is -0.462 e. The van der Waals surface area contributed by atoms with Crippen LogP contribution in [0.15, 0.2) is 89.3 Å². The van der Waals surface area contributed by atoms with Crippen molar-refractivity contribution < 1.29 is 18.7 Å². The third-order valence-electron chi connectivity index (χ3n) is 5.03. The van der Waals surface area contributed by atoms with Crippen LogP contribution in [0.3, 0.4) is 0 Å². The predicted octanol–water partition coefficient (Wildman–Crippen LogP) is 6.35. The molecule has 0 spiro atoms. The third-order valence-corrected chi connectivity index (χ3v) is 5.03. The van der Waals surface area contributed by atoms with Crippen LogP contribution in [-0.2, 0) is 4.74 Å². The van der Waals surface area contributed by atoms with Gasteiger partial charge in [-0.3, -0.25) is 10.1 Å². The summed E-state index contributed by atoms with van der Waals surface area (Å²) >= 11 is 0. The van der Waals surface area contributed by atoms with Crippen molar-refractivity contribution in [2.75, 3.05) is 11.9 Å². The number of esters is 1. The second kappa shape index (κ2) is 9.35. The first kappa shape index (κ1) is 21.1. The molecule has 32 heavy (non-hydrogen) atoms. The molecule has 0 saturated heterocycles. The number of amides is 1. The Kier molecular flexibility index (Phi) is 6.17. The van der Waals surface area contributed by atoms with E-state index >= 15 is 0 Å². The quantitative estimate of drug-likeness (QED) is 0.365. The molecule has 0 bridgehead atoms. The number of furan rings is 1. The van der Waals surface area contributed by atoms with E-state index in [9.17, 15) is 9.59 Å². The van der Waals surface area contributed by atoms with Crippen LogP contribution in [0, 0.1) is 6.92 Å². The largest absolute Gasteiger partial charge is 0.462 e. The molecule has 0 radical (unpaired) electrons. The average molecular weight is 425 g/mol. The van der Waals surface area contributed by atoms with E-state index in [1.807, 2.05) is 79.7 Å². The average Bonchev–Trinajstić information content (AvgIpc) is 3.20. The van der Waals surface area contributed by atoms with Crippen molar-refractivity contribution in [1.29, 1.82) is 0 Å². The first-order valence-electron chi connectivity index (χ1n) is 10.4. The highest BCUT2D eigenvalue weighted by Gasteiger charge is 2.29. The number of carbonyl (C=O) groups excluding carboxylic acids is 2. The van der Waals surface area contributed by atoms with Gasteiger partial charge in [0.25, 0.3) is 5.91 Å². The standard InChI is InChI=1S/C27H23NO4/c1-3-31-27(30)23-22(19-10-6-4-7-11-19)24(20-12-8-5-9-13-20)32-26(23)28-25(29)21-16-14-18(2)15-17-21/h4-17H,3H2,1-2H3,(H,28,29). The van der Waals surface area contributed by atoms with E-state index in [-0.39, 0.29) is 24.0 Å². The fraction of sp³-hybridized carbons (Fsp3) is 0.111. The Morgan fingerprint density at radius 1 is 0.844 bits per heavy atom. The first-order chi connectivity index (χ1) is 15.6. The van der Waals surface area contributed by atoms with Crippen molar-refractivity contribution in [2.45, 2.75) is 13.8 Å². The van der Waals surface area contributed by atoms with Gasteiger partial charge in [-0.15, -0.1) is 0 Å². The molecule has 0 unspecified atom stereocenters. The van der Waals surface area contributed by atoms with Gasteiger partial charge >= 0.3 is 5.97 Å². The fourth-order valence-electron chi connectivity index (χ4n) is 3.47. The van der Waals surface area contributed by atoms with Crippen molar-refractivity contribution in [3.05, 3.63) is 102 Å². The summed E-state index contributed by atoms with van der Waals surface area (Å²) in [5.74, 6) is -0.384. The fourth-order valence-corrected chi connectivity index (χ4v) is 3.47. The molecular weight excluding hydrogens is 402 g/mol. The Balaban J connectivity index is 1.89. The van der Waals surface area contributed by atoms with E-state index in [4.69, 9.17) is 9.15 Å². The molecule has 4 rings (SSSR count). The number of hydrogen-bond donors (Lipinski definition) is 1. The van der Waals surface area contributed by atoms with Crippen LogP contribution in [-0.4, -0.2) is 18.5 Å². The lowest BCUT2D eigenvalue weighted by Gasteiger charge is -2.08. The maximum atomic E-state index is 13.0. The number of carbonyl (C=O) groups is 2. The number of rotatable bonds is 6. The van der Waals surface area contributed by atoms with Crippen molar-refractivity contribution >= 4 is 17.8 Å². The Morgan fingerprint density at radius 2 is 1.44 bits per heavy atom. The van der Waals surface area contributed by atoms with Gasteiger partial charge in [-0.25, -0.2) is 4.79 Å². The molecule has 5 heteroatoms. The molecule has 0 atom stereocenters. The lowest BCUT2D eigenvalue weighted by molar-refractivity contribution is 0.0528. The van der Waals surface area contributed by atoms with E-state index in [1.165, 1.54) is 0 Å². The molecule has 3 aromatic carbocycles. The lowest BCUT2D eigenvalue weighted by Crippen LogP contribution is -2.15. The zero-order valence-corrected chi connectivity index (χ0v) is 17.9. The third kappa shape index (κ3) is 4.32. The molecule has 1 heterocycles. The van der Waals surface area contributed by atoms with E-state index in [0.717, 1.165) is 16.7 Å². The van der Waals surface area contributed by atoms with Gasteiger partial charge in [0.2, 0.25) is 5.88 Å². The number of anilines is 1. The molecule has 1 aromatic heterocycles. The highest BCUT2D eigenvalue weighted by atomic mass is 16.5. The number of aryl methyl sites for hydroxylation is 1. The second-order valence-corrected chi connectivity index (χ2v) is 7.28. The summed E-state index contributed by atoms with van der Waals surface area (Å²) in [6.45, 7) is 3.89. The minimum atomic E-state index is -0.559. The van der Waals surface area contributed by atoms with Gasteiger partial charge in [0.15, 0.2) is 0 Å². The normalized spacial score (nSPS) is 10.6. The highest BCUT2D eigenvalue weighted by Crippen LogP contribution is 2.42. The van der Waals surface area contributed by atoms with Crippen molar-refractivity contribution in [1.82, 2.24) is 0 Å². The maximum Gasteiger partial charge on any atom is 0.344 e. The molecule has 160 valence electrons. The molecule has 1 N–H and O–H groups in total. The molecular formula is C27H23NO4. The van der Waals surface area contributed by atoms with Crippen LogP contribution in [0.2, 0.25) is 0 Å². The zero-order chi connectivity index (χ0) is 22.5. The van der Waals surface area contributed by atoms with Crippen LogP contribution in [0.5, 0.6) is 0 Å². The van der Waals surface area contributed by atoms with Gasteiger partial charge in [-0.05, 0) is 31.5 Å². The van der Waals surface area contributed by atoms with Gasteiger partial charge < -0.3 is 9.15 Å². The van der Waals surface area contributed by atoms with Gasteiger partial charge in [0.1, 0.15) is 11.3 Å². The zero-order valence-electron chi connectivity index (χ0n) is 17.9. The Bertz CT molecular complexity index is 1230. The van der Waals surface area contributed by atoms with Crippen molar-refractivity contribution in [3.63, 3.8) is 0 Å². The molecule has 0 fully saturated rings. The summed E-state index contributed by atoms with van der Waals surface area (Å²) in [6, 6.07) is 26.1. The van der Waals surface area contributed by atoms with Crippen molar-refractivity contribution in [3.8, 4) is 22.5 Å². The summed E-state index contributed by atoms with van der Waals surface area (Å²) < 4.78 is 11.5. The van der Waals surface area contributed by atoms with E-state index < -0.39 is 5.97 Å². The molecule has 1 amide bonds. The van der Waals surface area contributed by atoms with Gasteiger partial charge in [-0.2, -0.15) is 0 Å². The molecule has 0 aliphatic heterocycles.